The molecule has 6 heteroatoms. The molecule has 28 heavy (non-hydrogen) atoms. The molecule has 2 aromatic heterocycles. The third-order valence-corrected chi connectivity index (χ3v) is 4.71. The van der Waals surface area contributed by atoms with Crippen LogP contribution in [0.5, 0.6) is 17.2 Å². The minimum atomic E-state index is 0.552. The summed E-state index contributed by atoms with van der Waals surface area (Å²) in [5.41, 5.74) is 5.73. The minimum absolute atomic E-state index is 0.552. The average Bonchev–Trinajstić information content (AvgIpc) is 3.15. The Bertz CT molecular complexity index is 1130. The summed E-state index contributed by atoms with van der Waals surface area (Å²) < 4.78 is 16.4. The molecule has 0 unspecified atom stereocenters. The van der Waals surface area contributed by atoms with Crippen LogP contribution in [0.2, 0.25) is 0 Å². The Morgan fingerprint density at radius 2 is 1.57 bits per heavy atom. The summed E-state index contributed by atoms with van der Waals surface area (Å²) in [6, 6.07) is 14.2. The van der Waals surface area contributed by atoms with Gasteiger partial charge >= 0.3 is 0 Å². The number of fused-ring (bicyclic) bond motifs is 1. The Morgan fingerprint density at radius 1 is 0.821 bits per heavy atom. The number of aromatic amines is 1. The van der Waals surface area contributed by atoms with Crippen LogP contribution in [0.25, 0.3) is 33.4 Å². The number of aryl methyl sites for hydroxylation is 1. The molecule has 0 spiro atoms. The second-order valence-corrected chi connectivity index (χ2v) is 6.48. The molecule has 0 aliphatic rings. The van der Waals surface area contributed by atoms with Gasteiger partial charge in [0.2, 0.25) is 5.75 Å². The van der Waals surface area contributed by atoms with E-state index in [1.807, 2.05) is 24.4 Å². The molecule has 1 N–H and O–H groups in total. The Balaban J connectivity index is 1.89. The summed E-state index contributed by atoms with van der Waals surface area (Å²) in [7, 11) is 4.79. The van der Waals surface area contributed by atoms with Gasteiger partial charge in [-0.15, -0.1) is 0 Å². The van der Waals surface area contributed by atoms with Crippen LogP contribution in [-0.2, 0) is 0 Å². The monoisotopic (exact) mass is 375 g/mol. The van der Waals surface area contributed by atoms with Gasteiger partial charge in [0.1, 0.15) is 0 Å². The van der Waals surface area contributed by atoms with Crippen LogP contribution in [0.15, 0.2) is 48.7 Å². The Labute approximate surface area is 163 Å². The van der Waals surface area contributed by atoms with Gasteiger partial charge in [-0.1, -0.05) is 29.8 Å². The van der Waals surface area contributed by atoms with E-state index in [-0.39, 0.29) is 0 Å². The quantitative estimate of drug-likeness (QED) is 0.551. The van der Waals surface area contributed by atoms with Crippen molar-refractivity contribution >= 4 is 11.0 Å². The van der Waals surface area contributed by atoms with Crippen LogP contribution < -0.4 is 14.2 Å². The van der Waals surface area contributed by atoms with Gasteiger partial charge in [-0.3, -0.25) is 5.10 Å². The standard InChI is InChI=1S/C22H21N3O3/c1-13-6-5-7-14(8-13)16-9-17-20(24-25-22(17)23-12-16)15-10-18(26-2)21(28-4)19(11-15)27-3/h5-12H,1-4H3,(H,23,24,25). The van der Waals surface area contributed by atoms with Crippen molar-refractivity contribution in [3.63, 3.8) is 0 Å². The van der Waals surface area contributed by atoms with E-state index >= 15 is 0 Å². The molecule has 0 fully saturated rings. The number of pyridine rings is 1. The van der Waals surface area contributed by atoms with Gasteiger partial charge in [0, 0.05) is 22.7 Å². The topological polar surface area (TPSA) is 69.3 Å². The number of nitrogens with one attached hydrogen (secondary N) is 1. The number of aromatic nitrogens is 3. The van der Waals surface area contributed by atoms with Crippen LogP contribution >= 0.6 is 0 Å². The normalized spacial score (nSPS) is 10.9. The largest absolute Gasteiger partial charge is 0.493 e. The second kappa shape index (κ2) is 7.23. The second-order valence-electron chi connectivity index (χ2n) is 6.48. The summed E-state index contributed by atoms with van der Waals surface area (Å²) in [5.74, 6) is 1.72. The highest BCUT2D eigenvalue weighted by Crippen LogP contribution is 2.42. The molecule has 2 heterocycles. The number of benzene rings is 2. The molecule has 0 bridgehead atoms. The molecule has 0 saturated carbocycles. The molecule has 4 aromatic rings. The first-order valence-electron chi connectivity index (χ1n) is 8.86. The zero-order valence-electron chi connectivity index (χ0n) is 16.2. The lowest BCUT2D eigenvalue weighted by molar-refractivity contribution is 0.324. The average molecular weight is 375 g/mol. The lowest BCUT2D eigenvalue weighted by atomic mass is 10.0. The molecule has 0 amide bonds. The van der Waals surface area contributed by atoms with Crippen molar-refractivity contribution in [3.05, 3.63) is 54.2 Å². The Hall–Kier alpha value is -3.54. The van der Waals surface area contributed by atoms with E-state index in [2.05, 4.69) is 46.4 Å². The van der Waals surface area contributed by atoms with Crippen molar-refractivity contribution in [2.45, 2.75) is 6.92 Å². The predicted molar refractivity (Wildman–Crippen MR) is 109 cm³/mol. The molecule has 4 rings (SSSR count). The van der Waals surface area contributed by atoms with Crippen molar-refractivity contribution in [2.24, 2.45) is 0 Å². The lowest BCUT2D eigenvalue weighted by Crippen LogP contribution is -1.96. The number of H-pyrrole nitrogens is 1. The highest BCUT2D eigenvalue weighted by atomic mass is 16.5. The van der Waals surface area contributed by atoms with Crippen molar-refractivity contribution in [1.82, 2.24) is 15.2 Å². The van der Waals surface area contributed by atoms with Crippen molar-refractivity contribution < 1.29 is 14.2 Å². The number of methoxy groups -OCH3 is 3. The summed E-state index contributed by atoms with van der Waals surface area (Å²) in [6.45, 7) is 2.08. The van der Waals surface area contributed by atoms with Gasteiger partial charge in [0.15, 0.2) is 17.1 Å². The zero-order chi connectivity index (χ0) is 19.7. The number of rotatable bonds is 5. The van der Waals surface area contributed by atoms with Crippen LogP contribution in [0.1, 0.15) is 5.56 Å². The minimum Gasteiger partial charge on any atom is -0.493 e. The van der Waals surface area contributed by atoms with Crippen LogP contribution in [-0.4, -0.2) is 36.5 Å². The first-order valence-corrected chi connectivity index (χ1v) is 8.86. The summed E-state index contributed by atoms with van der Waals surface area (Å²) in [4.78, 5) is 4.52. The van der Waals surface area contributed by atoms with Crippen LogP contribution in [0, 0.1) is 6.92 Å². The third kappa shape index (κ3) is 3.03. The first-order chi connectivity index (χ1) is 13.6. The van der Waals surface area contributed by atoms with Gasteiger partial charge in [0.05, 0.1) is 27.0 Å². The van der Waals surface area contributed by atoms with Gasteiger partial charge in [-0.2, -0.15) is 5.10 Å². The smallest absolute Gasteiger partial charge is 0.203 e. The van der Waals surface area contributed by atoms with E-state index < -0.39 is 0 Å². The number of hydrogen-bond donors (Lipinski definition) is 1. The summed E-state index contributed by atoms with van der Waals surface area (Å²) >= 11 is 0. The van der Waals surface area contributed by atoms with Crippen LogP contribution in [0.3, 0.4) is 0 Å². The van der Waals surface area contributed by atoms with Crippen molar-refractivity contribution in [1.29, 1.82) is 0 Å². The summed E-state index contributed by atoms with van der Waals surface area (Å²) in [6.07, 6.45) is 1.84. The van der Waals surface area contributed by atoms with Gasteiger partial charge in [-0.25, -0.2) is 4.98 Å². The van der Waals surface area contributed by atoms with Crippen molar-refractivity contribution in [3.8, 4) is 39.6 Å². The van der Waals surface area contributed by atoms with E-state index in [1.54, 1.807) is 21.3 Å². The molecule has 2 aromatic carbocycles. The van der Waals surface area contributed by atoms with E-state index in [9.17, 15) is 0 Å². The highest BCUT2D eigenvalue weighted by Gasteiger charge is 2.17. The molecule has 0 radical (unpaired) electrons. The maximum atomic E-state index is 5.48. The zero-order valence-corrected chi connectivity index (χ0v) is 16.2. The maximum absolute atomic E-state index is 5.48. The van der Waals surface area contributed by atoms with Crippen LogP contribution in [0.4, 0.5) is 0 Å². The molecular weight excluding hydrogens is 354 g/mol. The highest BCUT2D eigenvalue weighted by molar-refractivity contribution is 5.94. The van der Waals surface area contributed by atoms with E-state index in [4.69, 9.17) is 14.2 Å². The van der Waals surface area contributed by atoms with Crippen molar-refractivity contribution in [2.75, 3.05) is 21.3 Å². The molecule has 6 nitrogen and oxygen atoms in total. The number of hydrogen-bond acceptors (Lipinski definition) is 5. The van der Waals surface area contributed by atoms with Gasteiger partial charge in [0.25, 0.3) is 0 Å². The van der Waals surface area contributed by atoms with E-state index in [0.717, 1.165) is 27.8 Å². The number of ether oxygens (including phenoxy) is 3. The molecule has 0 saturated heterocycles. The third-order valence-electron chi connectivity index (χ3n) is 4.71. The predicted octanol–water partition coefficient (Wildman–Crippen LogP) is 4.63. The molecule has 0 aliphatic heterocycles. The molecule has 0 atom stereocenters. The van der Waals surface area contributed by atoms with E-state index in [0.29, 0.717) is 22.9 Å². The van der Waals surface area contributed by atoms with Gasteiger partial charge in [-0.05, 0) is 30.7 Å². The molecular formula is C22H21N3O3. The Kier molecular flexibility index (Phi) is 4.61. The fourth-order valence-corrected chi connectivity index (χ4v) is 3.33. The SMILES string of the molecule is COc1cc(-c2[nH]nc3ncc(-c4cccc(C)c4)cc23)cc(OC)c1OC. The van der Waals surface area contributed by atoms with Gasteiger partial charge < -0.3 is 14.2 Å². The maximum Gasteiger partial charge on any atom is 0.203 e. The first kappa shape index (κ1) is 17.9. The fraction of sp³-hybridized carbons (Fsp3) is 0.182. The number of nitrogens with zero attached hydrogens (tertiary/aromatic N) is 2. The fourth-order valence-electron chi connectivity index (χ4n) is 3.33. The summed E-state index contributed by atoms with van der Waals surface area (Å²) in [5, 5.41) is 8.37. The molecule has 0 aliphatic carbocycles. The lowest BCUT2D eigenvalue weighted by Gasteiger charge is -2.13. The molecule has 142 valence electrons. The van der Waals surface area contributed by atoms with E-state index in [1.165, 1.54) is 5.56 Å². The Morgan fingerprint density at radius 3 is 2.21 bits per heavy atom.